The fraction of sp³-hybridized carbons (Fsp3) is 0.500. The van der Waals surface area contributed by atoms with Crippen LogP contribution in [0.15, 0.2) is 21.5 Å². The third-order valence-electron chi connectivity index (χ3n) is 3.64. The van der Waals surface area contributed by atoms with Gasteiger partial charge in [0.05, 0.1) is 5.60 Å². The van der Waals surface area contributed by atoms with Crippen molar-refractivity contribution in [2.75, 3.05) is 18.8 Å². The van der Waals surface area contributed by atoms with Gasteiger partial charge in [-0.2, -0.15) is 4.31 Å². The van der Waals surface area contributed by atoms with Crippen molar-refractivity contribution in [1.82, 2.24) is 4.31 Å². The Bertz CT molecular complexity index is 642. The summed E-state index contributed by atoms with van der Waals surface area (Å²) in [5.41, 5.74) is 4.69. The summed E-state index contributed by atoms with van der Waals surface area (Å²) in [6, 6.07) is 2.11. The van der Waals surface area contributed by atoms with Gasteiger partial charge in [0.25, 0.3) is 0 Å². The molecule has 1 aromatic rings. The number of β-amino-alcohol motifs (C(OH)–C–C–N with tert-alkyl or cyclic N) is 1. The Morgan fingerprint density at radius 3 is 2.50 bits per heavy atom. The van der Waals surface area contributed by atoms with Crippen LogP contribution in [-0.4, -0.2) is 36.5 Å². The number of rotatable bonds is 3. The molecule has 0 aromatic heterocycles. The summed E-state index contributed by atoms with van der Waals surface area (Å²) in [6.45, 7) is 3.54. The number of halogens is 2. The highest BCUT2D eigenvalue weighted by molar-refractivity contribution is 9.10. The molecule has 1 heterocycles. The molecule has 0 saturated carbocycles. The Morgan fingerprint density at radius 1 is 1.45 bits per heavy atom. The second-order valence-electron chi connectivity index (χ2n) is 5.34. The summed E-state index contributed by atoms with van der Waals surface area (Å²) in [5, 5.41) is 10.1. The zero-order valence-corrected chi connectivity index (χ0v) is 13.5. The lowest BCUT2D eigenvalue weighted by atomic mass is 9.85. The minimum atomic E-state index is -3.98. The predicted molar refractivity (Wildman–Crippen MR) is 77.1 cm³/mol. The van der Waals surface area contributed by atoms with E-state index in [-0.39, 0.29) is 24.7 Å². The van der Waals surface area contributed by atoms with Gasteiger partial charge in [0.1, 0.15) is 10.7 Å². The van der Waals surface area contributed by atoms with Crippen molar-refractivity contribution in [3.63, 3.8) is 0 Å². The van der Waals surface area contributed by atoms with Crippen LogP contribution >= 0.6 is 15.9 Å². The quantitative estimate of drug-likeness (QED) is 0.795. The monoisotopic (exact) mass is 366 g/mol. The van der Waals surface area contributed by atoms with Gasteiger partial charge in [0.15, 0.2) is 0 Å². The predicted octanol–water partition coefficient (Wildman–Crippen LogP) is 1.56. The lowest BCUT2D eigenvalue weighted by Crippen LogP contribution is -2.65. The minimum absolute atomic E-state index is 0.0393. The number of aliphatic hydroxyl groups is 1. The summed E-state index contributed by atoms with van der Waals surface area (Å²) in [4.78, 5) is -0.469. The number of anilines is 1. The van der Waals surface area contributed by atoms with E-state index < -0.39 is 26.3 Å². The normalized spacial score (nSPS) is 19.1. The number of sulfonamides is 1. The van der Waals surface area contributed by atoms with E-state index in [1.165, 1.54) is 0 Å². The van der Waals surface area contributed by atoms with E-state index in [0.717, 1.165) is 16.4 Å². The van der Waals surface area contributed by atoms with E-state index in [2.05, 4.69) is 15.9 Å². The van der Waals surface area contributed by atoms with Crippen LogP contribution in [-0.2, 0) is 10.0 Å². The first-order chi connectivity index (χ1) is 9.08. The molecule has 20 heavy (non-hydrogen) atoms. The van der Waals surface area contributed by atoms with Crippen molar-refractivity contribution in [2.45, 2.75) is 24.3 Å². The maximum Gasteiger partial charge on any atom is 0.246 e. The summed E-state index contributed by atoms with van der Waals surface area (Å²) < 4.78 is 39.8. The summed E-state index contributed by atoms with van der Waals surface area (Å²) >= 11 is 3.04. The number of nitrogens with zero attached hydrogens (tertiary/aromatic N) is 1. The van der Waals surface area contributed by atoms with Crippen molar-refractivity contribution >= 4 is 31.6 Å². The van der Waals surface area contributed by atoms with Gasteiger partial charge in [-0.25, -0.2) is 12.8 Å². The standard InChI is InChI=1S/C12H16BrFN2O3S/c1-7(2)12(17)5-16(6-12)20(18,19)11-4-10(15)8(13)3-9(11)14/h3-4,7,17H,5-6,15H2,1-2H3. The van der Waals surface area contributed by atoms with Crippen LogP contribution in [0.3, 0.4) is 0 Å². The Kier molecular flexibility index (Phi) is 3.87. The van der Waals surface area contributed by atoms with E-state index in [4.69, 9.17) is 5.73 Å². The van der Waals surface area contributed by atoms with Crippen LogP contribution < -0.4 is 5.73 Å². The highest BCUT2D eigenvalue weighted by Crippen LogP contribution is 2.35. The van der Waals surface area contributed by atoms with Crippen LogP contribution in [0.4, 0.5) is 10.1 Å². The minimum Gasteiger partial charge on any atom is -0.398 e. The summed E-state index contributed by atoms with van der Waals surface area (Å²) in [6.07, 6.45) is 0. The molecule has 112 valence electrons. The molecule has 1 aliphatic rings. The molecule has 1 fully saturated rings. The SMILES string of the molecule is CC(C)C1(O)CN(S(=O)(=O)c2cc(N)c(Br)cc2F)C1. The van der Waals surface area contributed by atoms with Crippen LogP contribution in [0.25, 0.3) is 0 Å². The van der Waals surface area contributed by atoms with Crippen LogP contribution in [0.1, 0.15) is 13.8 Å². The van der Waals surface area contributed by atoms with E-state index >= 15 is 0 Å². The lowest BCUT2D eigenvalue weighted by Gasteiger charge is -2.47. The average molecular weight is 367 g/mol. The Hall–Kier alpha value is -0.700. The molecule has 8 heteroatoms. The molecular weight excluding hydrogens is 351 g/mol. The Labute approximate surface area is 125 Å². The van der Waals surface area contributed by atoms with Gasteiger partial charge in [0, 0.05) is 23.2 Å². The first-order valence-corrected chi connectivity index (χ1v) is 8.28. The number of benzene rings is 1. The summed E-state index contributed by atoms with van der Waals surface area (Å²) in [5.74, 6) is -0.945. The maximum atomic E-state index is 13.8. The molecule has 1 saturated heterocycles. The Morgan fingerprint density at radius 2 is 2.00 bits per heavy atom. The van der Waals surface area contributed by atoms with Gasteiger partial charge in [-0.1, -0.05) is 13.8 Å². The second-order valence-corrected chi connectivity index (χ2v) is 8.10. The fourth-order valence-electron chi connectivity index (χ4n) is 1.98. The van der Waals surface area contributed by atoms with E-state index in [9.17, 15) is 17.9 Å². The molecule has 0 unspecified atom stereocenters. The molecule has 1 aromatic carbocycles. The van der Waals surface area contributed by atoms with Crippen LogP contribution in [0.2, 0.25) is 0 Å². The molecule has 0 radical (unpaired) electrons. The van der Waals surface area contributed by atoms with Crippen molar-refractivity contribution in [1.29, 1.82) is 0 Å². The van der Waals surface area contributed by atoms with Crippen molar-refractivity contribution in [3.05, 3.63) is 22.4 Å². The molecule has 0 spiro atoms. The number of nitrogen functional groups attached to an aromatic ring is 1. The van der Waals surface area contributed by atoms with Crippen LogP contribution in [0.5, 0.6) is 0 Å². The largest absolute Gasteiger partial charge is 0.398 e. The number of nitrogens with two attached hydrogens (primary N) is 1. The summed E-state index contributed by atoms with van der Waals surface area (Å²) in [7, 11) is -3.98. The third kappa shape index (κ3) is 2.45. The fourth-order valence-corrected chi connectivity index (χ4v) is 3.94. The molecule has 2 rings (SSSR count). The molecule has 0 amide bonds. The van der Waals surface area contributed by atoms with Gasteiger partial charge in [-0.05, 0) is 34.0 Å². The first kappa shape index (κ1) is 15.7. The highest BCUT2D eigenvalue weighted by Gasteiger charge is 2.49. The van der Waals surface area contributed by atoms with Crippen molar-refractivity contribution in [3.8, 4) is 0 Å². The molecule has 5 nitrogen and oxygen atoms in total. The van der Waals surface area contributed by atoms with Gasteiger partial charge in [-0.3, -0.25) is 0 Å². The second kappa shape index (κ2) is 4.94. The van der Waals surface area contributed by atoms with E-state index in [1.807, 2.05) is 13.8 Å². The smallest absolute Gasteiger partial charge is 0.246 e. The van der Waals surface area contributed by atoms with Gasteiger partial charge in [0.2, 0.25) is 10.0 Å². The van der Waals surface area contributed by atoms with Crippen molar-refractivity contribution in [2.24, 2.45) is 5.92 Å². The van der Waals surface area contributed by atoms with E-state index in [1.54, 1.807) is 0 Å². The van der Waals surface area contributed by atoms with Gasteiger partial charge >= 0.3 is 0 Å². The molecule has 0 atom stereocenters. The van der Waals surface area contributed by atoms with Gasteiger partial charge < -0.3 is 10.8 Å². The first-order valence-electron chi connectivity index (χ1n) is 6.05. The lowest BCUT2D eigenvalue weighted by molar-refractivity contribution is -0.0933. The highest BCUT2D eigenvalue weighted by atomic mass is 79.9. The maximum absolute atomic E-state index is 13.8. The third-order valence-corrected chi connectivity index (χ3v) is 6.14. The molecule has 1 aliphatic heterocycles. The Balaban J connectivity index is 2.32. The number of hydrogen-bond donors (Lipinski definition) is 2. The average Bonchev–Trinajstić information content (AvgIpc) is 2.29. The van der Waals surface area contributed by atoms with Crippen molar-refractivity contribution < 1.29 is 17.9 Å². The molecule has 0 aliphatic carbocycles. The topological polar surface area (TPSA) is 83.6 Å². The van der Waals surface area contributed by atoms with Gasteiger partial charge in [-0.15, -0.1) is 0 Å². The molecular formula is C12H16BrFN2O3S. The molecule has 0 bridgehead atoms. The molecule has 3 N–H and O–H groups in total. The van der Waals surface area contributed by atoms with Crippen LogP contribution in [0, 0.1) is 11.7 Å². The van der Waals surface area contributed by atoms with E-state index in [0.29, 0.717) is 4.47 Å². The number of hydrogen-bond acceptors (Lipinski definition) is 4. The zero-order chi connectivity index (χ0) is 15.3. The zero-order valence-electron chi connectivity index (χ0n) is 11.1.